The van der Waals surface area contributed by atoms with Gasteiger partial charge in [-0.2, -0.15) is 4.31 Å². The van der Waals surface area contributed by atoms with Gasteiger partial charge in [0.1, 0.15) is 0 Å². The molecule has 0 aliphatic carbocycles. The third kappa shape index (κ3) is 5.54. The quantitative estimate of drug-likeness (QED) is 0.713. The van der Waals surface area contributed by atoms with Gasteiger partial charge in [-0.3, -0.25) is 4.79 Å². The van der Waals surface area contributed by atoms with Crippen molar-refractivity contribution in [3.05, 3.63) is 54.6 Å². The van der Waals surface area contributed by atoms with E-state index in [0.717, 1.165) is 24.0 Å². The molecular formula is C20H25ClN2O4S. The van der Waals surface area contributed by atoms with Crippen LogP contribution in [0.1, 0.15) is 12.8 Å². The number of nitrogens with one attached hydrogen (secondary N) is 1. The Morgan fingerprint density at radius 1 is 1.11 bits per heavy atom. The molecular weight excluding hydrogens is 400 g/mol. The van der Waals surface area contributed by atoms with Crippen molar-refractivity contribution in [3.8, 4) is 11.1 Å². The van der Waals surface area contributed by atoms with E-state index in [1.165, 1.54) is 4.31 Å². The molecule has 1 aliphatic rings. The molecule has 152 valence electrons. The zero-order valence-electron chi connectivity index (χ0n) is 15.5. The van der Waals surface area contributed by atoms with Gasteiger partial charge in [-0.25, -0.2) is 8.42 Å². The van der Waals surface area contributed by atoms with Gasteiger partial charge in [0, 0.05) is 13.1 Å². The molecule has 2 aromatic rings. The Morgan fingerprint density at radius 3 is 2.54 bits per heavy atom. The zero-order valence-corrected chi connectivity index (χ0v) is 17.1. The van der Waals surface area contributed by atoms with E-state index >= 15 is 0 Å². The summed E-state index contributed by atoms with van der Waals surface area (Å²) < 4.78 is 27.7. The summed E-state index contributed by atoms with van der Waals surface area (Å²) in [6, 6.07) is 16.7. The average Bonchev–Trinajstić information content (AvgIpc) is 2.69. The lowest BCUT2D eigenvalue weighted by Crippen LogP contribution is -2.43. The number of piperidine rings is 1. The first kappa shape index (κ1) is 22.4. The minimum atomic E-state index is -3.58. The molecule has 0 aromatic heterocycles. The van der Waals surface area contributed by atoms with Gasteiger partial charge in [0.05, 0.1) is 11.4 Å². The number of halogens is 1. The molecule has 1 unspecified atom stereocenters. The van der Waals surface area contributed by atoms with Crippen LogP contribution in [-0.2, 0) is 14.8 Å². The van der Waals surface area contributed by atoms with E-state index < -0.39 is 16.0 Å². The van der Waals surface area contributed by atoms with Crippen LogP contribution in [0, 0.1) is 5.92 Å². The van der Waals surface area contributed by atoms with Crippen molar-refractivity contribution >= 4 is 28.4 Å². The molecule has 2 N–H and O–H groups in total. The SMILES string of the molecule is Cl.O=C(O)CNCC1CCCN(S(=O)(=O)c2cccc(-c3ccccc3)c2)C1. The second-order valence-electron chi connectivity index (χ2n) is 6.79. The third-order valence-electron chi connectivity index (χ3n) is 4.77. The molecule has 0 radical (unpaired) electrons. The zero-order chi connectivity index (χ0) is 19.3. The van der Waals surface area contributed by atoms with Gasteiger partial charge in [-0.1, -0.05) is 42.5 Å². The fourth-order valence-electron chi connectivity index (χ4n) is 3.41. The van der Waals surface area contributed by atoms with Crippen LogP contribution in [0.25, 0.3) is 11.1 Å². The Labute approximate surface area is 172 Å². The summed E-state index contributed by atoms with van der Waals surface area (Å²) in [5.41, 5.74) is 1.84. The summed E-state index contributed by atoms with van der Waals surface area (Å²) >= 11 is 0. The summed E-state index contributed by atoms with van der Waals surface area (Å²) in [7, 11) is -3.58. The third-order valence-corrected chi connectivity index (χ3v) is 6.63. The molecule has 0 spiro atoms. The number of hydrogen-bond acceptors (Lipinski definition) is 4. The van der Waals surface area contributed by atoms with E-state index in [0.29, 0.717) is 24.5 Å². The molecule has 0 bridgehead atoms. The molecule has 1 aliphatic heterocycles. The molecule has 28 heavy (non-hydrogen) atoms. The van der Waals surface area contributed by atoms with Gasteiger partial charge >= 0.3 is 5.97 Å². The van der Waals surface area contributed by atoms with Crippen LogP contribution in [0.15, 0.2) is 59.5 Å². The van der Waals surface area contributed by atoms with Crippen LogP contribution >= 0.6 is 12.4 Å². The van der Waals surface area contributed by atoms with Gasteiger partial charge in [-0.05, 0) is 48.6 Å². The average molecular weight is 425 g/mol. The minimum absolute atomic E-state index is 0. The number of carbonyl (C=O) groups is 1. The molecule has 1 heterocycles. The highest BCUT2D eigenvalue weighted by atomic mass is 35.5. The summed E-state index contributed by atoms with van der Waals surface area (Å²) in [4.78, 5) is 10.9. The van der Waals surface area contributed by atoms with E-state index in [4.69, 9.17) is 5.11 Å². The van der Waals surface area contributed by atoms with Crippen LogP contribution in [0.3, 0.4) is 0 Å². The van der Waals surface area contributed by atoms with E-state index in [9.17, 15) is 13.2 Å². The van der Waals surface area contributed by atoms with E-state index in [-0.39, 0.29) is 24.9 Å². The van der Waals surface area contributed by atoms with Crippen LogP contribution in [0.2, 0.25) is 0 Å². The molecule has 8 heteroatoms. The predicted octanol–water partition coefficient (Wildman–Crippen LogP) is 2.85. The molecule has 1 fully saturated rings. The van der Waals surface area contributed by atoms with Crippen molar-refractivity contribution in [2.24, 2.45) is 5.92 Å². The number of nitrogens with zero attached hydrogens (tertiary/aromatic N) is 1. The van der Waals surface area contributed by atoms with Crippen molar-refractivity contribution in [2.75, 3.05) is 26.2 Å². The number of carboxylic acids is 1. The molecule has 3 rings (SSSR count). The number of rotatable bonds is 7. The number of hydrogen-bond donors (Lipinski definition) is 2. The van der Waals surface area contributed by atoms with Gasteiger partial charge < -0.3 is 10.4 Å². The second-order valence-corrected chi connectivity index (χ2v) is 8.73. The second kappa shape index (κ2) is 10.0. The van der Waals surface area contributed by atoms with Gasteiger partial charge in [0.15, 0.2) is 0 Å². The van der Waals surface area contributed by atoms with E-state index in [1.54, 1.807) is 18.2 Å². The summed E-state index contributed by atoms with van der Waals surface area (Å²) in [5.74, 6) is -0.793. The van der Waals surface area contributed by atoms with Gasteiger partial charge in [-0.15, -0.1) is 12.4 Å². The fourth-order valence-corrected chi connectivity index (χ4v) is 5.01. The van der Waals surface area contributed by atoms with E-state index in [1.807, 2.05) is 36.4 Å². The Kier molecular flexibility index (Phi) is 8.00. The van der Waals surface area contributed by atoms with Gasteiger partial charge in [0.25, 0.3) is 0 Å². The first-order valence-corrected chi connectivity index (χ1v) is 10.5. The van der Waals surface area contributed by atoms with Crippen molar-refractivity contribution < 1.29 is 18.3 Å². The highest BCUT2D eigenvalue weighted by Gasteiger charge is 2.30. The lowest BCUT2D eigenvalue weighted by Gasteiger charge is -2.32. The maximum Gasteiger partial charge on any atom is 0.317 e. The van der Waals surface area contributed by atoms with Crippen LogP contribution in [0.5, 0.6) is 0 Å². The molecule has 0 amide bonds. The number of sulfonamides is 1. The molecule has 6 nitrogen and oxygen atoms in total. The maximum atomic E-state index is 13.1. The highest BCUT2D eigenvalue weighted by molar-refractivity contribution is 7.89. The maximum absolute atomic E-state index is 13.1. The Hall–Kier alpha value is -1.93. The molecule has 2 aromatic carbocycles. The monoisotopic (exact) mass is 424 g/mol. The first-order chi connectivity index (χ1) is 13.0. The molecule has 0 saturated carbocycles. The fraction of sp³-hybridized carbons (Fsp3) is 0.350. The lowest BCUT2D eigenvalue weighted by molar-refractivity contribution is -0.136. The molecule has 1 saturated heterocycles. The first-order valence-electron chi connectivity index (χ1n) is 9.05. The molecule has 1 atom stereocenters. The lowest BCUT2D eigenvalue weighted by atomic mass is 10.00. The summed E-state index contributed by atoms with van der Waals surface area (Å²) in [6.07, 6.45) is 1.67. The largest absolute Gasteiger partial charge is 0.480 e. The number of aliphatic carboxylic acids is 1. The van der Waals surface area contributed by atoms with Crippen molar-refractivity contribution in [2.45, 2.75) is 17.7 Å². The summed E-state index contributed by atoms with van der Waals surface area (Å²) in [6.45, 7) is 1.29. The van der Waals surface area contributed by atoms with Crippen molar-refractivity contribution in [1.82, 2.24) is 9.62 Å². The highest BCUT2D eigenvalue weighted by Crippen LogP contribution is 2.27. The number of benzene rings is 2. The topological polar surface area (TPSA) is 86.7 Å². The Bertz CT molecular complexity index is 890. The van der Waals surface area contributed by atoms with Crippen LogP contribution in [-0.4, -0.2) is 50.0 Å². The smallest absolute Gasteiger partial charge is 0.317 e. The Balaban J connectivity index is 0.00000280. The van der Waals surface area contributed by atoms with Gasteiger partial charge in [0.2, 0.25) is 10.0 Å². The van der Waals surface area contributed by atoms with Crippen LogP contribution < -0.4 is 5.32 Å². The van der Waals surface area contributed by atoms with Crippen molar-refractivity contribution in [3.63, 3.8) is 0 Å². The summed E-state index contributed by atoms with van der Waals surface area (Å²) in [5, 5.41) is 11.6. The number of carboxylic acid groups (broad SMARTS) is 1. The Morgan fingerprint density at radius 2 is 1.82 bits per heavy atom. The predicted molar refractivity (Wildman–Crippen MR) is 111 cm³/mol. The van der Waals surface area contributed by atoms with Crippen LogP contribution in [0.4, 0.5) is 0 Å². The standard InChI is InChI=1S/C20H24N2O4S.ClH/c23-20(24)14-21-13-16-6-5-11-22(15-16)27(25,26)19-10-4-9-18(12-19)17-7-2-1-3-8-17;/h1-4,7-10,12,16,21H,5-6,11,13-15H2,(H,23,24);1H. The normalized spacial score (nSPS) is 17.6. The van der Waals surface area contributed by atoms with E-state index in [2.05, 4.69) is 5.32 Å². The minimum Gasteiger partial charge on any atom is -0.480 e. The van der Waals surface area contributed by atoms with Crippen molar-refractivity contribution in [1.29, 1.82) is 0 Å².